The third-order valence-corrected chi connectivity index (χ3v) is 28.9. The summed E-state index contributed by atoms with van der Waals surface area (Å²) in [5.41, 5.74) is 5.41. The van der Waals surface area contributed by atoms with Crippen LogP contribution in [0.2, 0.25) is 51.4 Å². The molecule has 0 bridgehead atoms. The molecule has 3 saturated heterocycles. The molecule has 12 heterocycles. The maximum atomic E-state index is 12.6. The summed E-state index contributed by atoms with van der Waals surface area (Å²) in [7, 11) is -13.0. The molecule has 15 rings (SSSR count). The molecule has 0 spiro atoms. The van der Waals surface area contributed by atoms with Gasteiger partial charge in [0.25, 0.3) is 0 Å². The SMILES string of the molecule is C.C[Si](C)(C)CCOCn1ccc2c(-c3cnn(C4(CC#N)CN(S(=O)(=O)C5CC5)C4)c3)ncnc21.C[Si](C)(C)CCOCn1ccc2c(-c3cnn(C4(CC#N)CNC4)c3)ncnc21.F[B-](F)(F)F.N#CCC1(n2cc(-c3ncnc4c3ccn4CO)cn2)CN(S(=O)(=O)C2CC2)C1.O=S(=O)(Cl)C1CC1.[Li+]. The van der Waals surface area contributed by atoms with E-state index in [0.29, 0.717) is 44.1 Å². The van der Waals surface area contributed by atoms with Gasteiger partial charge < -0.3 is 50.9 Å². The van der Waals surface area contributed by atoms with Gasteiger partial charge in [-0.3, -0.25) is 14.0 Å². The zero-order valence-corrected chi connectivity index (χ0v) is 65.0. The minimum absolute atomic E-state index is 0. The molecular formula is C65H86BClF4LiN21O9S3Si2. The maximum absolute atomic E-state index is 12.6. The summed E-state index contributed by atoms with van der Waals surface area (Å²) in [5.74, 6) is 0. The fourth-order valence-corrected chi connectivity index (χ4v) is 18.9. The summed E-state index contributed by atoms with van der Waals surface area (Å²) in [4.78, 5) is 26.5. The largest absolute Gasteiger partial charge is 1.00 e. The van der Waals surface area contributed by atoms with Crippen LogP contribution in [0.25, 0.3) is 66.9 Å². The van der Waals surface area contributed by atoms with Crippen molar-refractivity contribution >= 4 is 96.3 Å². The van der Waals surface area contributed by atoms with Gasteiger partial charge in [-0.15, -0.1) is 0 Å². The summed E-state index contributed by atoms with van der Waals surface area (Å²) in [6, 6.07) is 14.8. The first-order valence-electron chi connectivity index (χ1n) is 34.1. The Morgan fingerprint density at radius 3 is 1.15 bits per heavy atom. The van der Waals surface area contributed by atoms with E-state index >= 15 is 0 Å². The molecule has 3 saturated carbocycles. The van der Waals surface area contributed by atoms with Crippen molar-refractivity contribution in [3.8, 4) is 52.0 Å². The molecule has 570 valence electrons. The van der Waals surface area contributed by atoms with Gasteiger partial charge in [0.1, 0.15) is 72.7 Å². The molecule has 0 atom stereocenters. The van der Waals surface area contributed by atoms with E-state index in [0.717, 1.165) is 120 Å². The zero-order valence-electron chi connectivity index (χ0n) is 59.8. The molecule has 6 aliphatic rings. The number of aromatic nitrogens is 15. The molecule has 30 nitrogen and oxygen atoms in total. The molecule has 107 heavy (non-hydrogen) atoms. The van der Waals surface area contributed by atoms with E-state index in [4.69, 9.17) is 20.2 Å². The van der Waals surface area contributed by atoms with Crippen LogP contribution in [0.1, 0.15) is 65.2 Å². The summed E-state index contributed by atoms with van der Waals surface area (Å²) in [5, 5.41) is 56.1. The predicted octanol–water partition coefficient (Wildman–Crippen LogP) is 6.16. The Labute approximate surface area is 637 Å². The number of fused-ring (bicyclic) bond motifs is 3. The van der Waals surface area contributed by atoms with Crippen molar-refractivity contribution in [1.29, 1.82) is 15.8 Å². The quantitative estimate of drug-likeness (QED) is 0.0280. The number of aliphatic hydroxyl groups excluding tert-OH is 1. The Kier molecular flexibility index (Phi) is 26.2. The molecule has 0 radical (unpaired) electrons. The number of nitriles is 3. The number of halogens is 5. The number of sulfonamides is 2. The minimum Gasteiger partial charge on any atom is -0.418 e. The topological polar surface area (TPSA) is 377 Å². The molecular weight excluding hydrogens is 1500 g/mol. The molecule has 0 amide bonds. The van der Waals surface area contributed by atoms with Crippen LogP contribution >= 0.6 is 10.7 Å². The van der Waals surface area contributed by atoms with Crippen LogP contribution < -0.4 is 24.2 Å². The fraction of sp³-hybridized carbons (Fsp3) is 0.538. The maximum Gasteiger partial charge on any atom is 1.00 e. The molecule has 42 heteroatoms. The van der Waals surface area contributed by atoms with E-state index in [1.54, 1.807) is 45.0 Å². The van der Waals surface area contributed by atoms with E-state index < -0.39 is 63.6 Å². The average molecular weight is 1590 g/mol. The van der Waals surface area contributed by atoms with Gasteiger partial charge in [-0.05, 0) is 68.8 Å². The van der Waals surface area contributed by atoms with Crippen LogP contribution in [0.15, 0.2) is 93.0 Å². The van der Waals surface area contributed by atoms with Crippen molar-refractivity contribution in [1.82, 2.24) is 86.9 Å². The second kappa shape index (κ2) is 33.5. The van der Waals surface area contributed by atoms with Crippen molar-refractivity contribution in [3.63, 3.8) is 0 Å². The number of rotatable bonds is 25. The molecule has 0 aromatic carbocycles. The van der Waals surface area contributed by atoms with Gasteiger partial charge in [-0.1, -0.05) is 46.7 Å². The molecule has 3 aliphatic carbocycles. The summed E-state index contributed by atoms with van der Waals surface area (Å²) in [6.45, 7) is 18.8. The van der Waals surface area contributed by atoms with E-state index in [2.05, 4.69) is 108 Å². The van der Waals surface area contributed by atoms with Crippen molar-refractivity contribution < 1.29 is 76.0 Å². The smallest absolute Gasteiger partial charge is 0.418 e. The number of nitrogens with one attached hydrogen (secondary N) is 1. The van der Waals surface area contributed by atoms with Gasteiger partial charge in [0.05, 0.1) is 88.9 Å². The number of nitrogens with zero attached hydrogens (tertiary/aromatic N) is 20. The van der Waals surface area contributed by atoms with Crippen molar-refractivity contribution in [2.24, 2.45) is 0 Å². The Hall–Kier alpha value is -7.32. The summed E-state index contributed by atoms with van der Waals surface area (Å²) in [6.07, 6.45) is 26.3. The van der Waals surface area contributed by atoms with Crippen LogP contribution in [0.5, 0.6) is 0 Å². The molecule has 3 aliphatic heterocycles. The number of ether oxygens (including phenoxy) is 2. The van der Waals surface area contributed by atoms with Gasteiger partial charge in [-0.2, -0.15) is 39.7 Å². The standard InChI is InChI=1S/C23H31N7O3SSi.C20H27N7OSi.C18H19N7O3S.C3H5ClO2S.CH4.BF4.Li/c1-35(2,3)11-10-33-17-28-9-6-20-21(25-16-26-22(20)28)18-12-27-30(13-18)23(7-8-24)14-29(15-23)34(31,32)19-4-5-19;1-29(2,3)9-8-28-15-26-7-4-17-18(23-14-24-19(17)26)16-10-25-27(11-16)20(5-6-21)12-22-13-20;19-5-4-18(9-24(10-18)29(27,28)14-1-2-14)25-8-13(7-22-25)16-15-3-6-23(12-26)17(15)21-11-20-16;4-7(5,6)3-1-2-3;;2-1(3,4)5;/h6,9,12-13,16,19H,4-5,7,10-11,14-15,17H2,1-3H3;4,7,10-11,14,22H,5,8-9,12-13,15H2,1-3H3;3,6-8,11,14,26H,1-2,4,9-10,12H2;3H,1-2H2;1H4;;/q;;;;;-1;+1. The monoisotopic (exact) mass is 1590 g/mol. The first kappa shape index (κ1) is 83.7. The molecule has 2 N–H and O–H groups in total. The predicted molar refractivity (Wildman–Crippen MR) is 396 cm³/mol. The number of hydrogen-bond acceptors (Lipinski definition) is 22. The molecule has 9 aromatic rings. The molecule has 6 fully saturated rings. The Bertz CT molecular complexity index is 5080. The van der Waals surface area contributed by atoms with Gasteiger partial charge >= 0.3 is 26.1 Å². The normalized spacial score (nSPS) is 17.6. The Morgan fingerprint density at radius 2 is 0.869 bits per heavy atom. The van der Waals surface area contributed by atoms with Gasteiger partial charge in [0, 0.05) is 149 Å². The van der Waals surface area contributed by atoms with E-state index in [-0.39, 0.29) is 93.3 Å². The fourth-order valence-electron chi connectivity index (χ4n) is 12.2. The van der Waals surface area contributed by atoms with Gasteiger partial charge in [0.15, 0.2) is 0 Å². The minimum atomic E-state index is -6.00. The number of aliphatic hydroxyl groups is 1. The zero-order chi connectivity index (χ0) is 75.5. The third-order valence-electron chi connectivity index (χ3n) is 18.8. The Morgan fingerprint density at radius 1 is 0.551 bits per heavy atom. The first-order valence-corrected chi connectivity index (χ1v) is 46.9. The first-order chi connectivity index (χ1) is 49.6. The van der Waals surface area contributed by atoms with Crippen LogP contribution in [-0.2, 0) is 75.4 Å². The van der Waals surface area contributed by atoms with E-state index in [9.17, 15) is 63.4 Å². The van der Waals surface area contributed by atoms with E-state index in [1.165, 1.54) is 21.3 Å². The molecule has 0 unspecified atom stereocenters. The molecule has 9 aromatic heterocycles. The van der Waals surface area contributed by atoms with Crippen molar-refractivity contribution in [2.75, 3.05) is 52.5 Å². The second-order valence-corrected chi connectivity index (χ2v) is 48.1. The van der Waals surface area contributed by atoms with Gasteiger partial charge in [-0.25, -0.2) is 55.2 Å². The van der Waals surface area contributed by atoms with Crippen LogP contribution in [0.4, 0.5) is 17.3 Å². The third kappa shape index (κ3) is 19.8. The number of hydrogen-bond donors (Lipinski definition) is 2. The van der Waals surface area contributed by atoms with Crippen molar-refractivity contribution in [3.05, 3.63) is 93.0 Å². The Balaban J connectivity index is 0.000000171. The van der Waals surface area contributed by atoms with Crippen LogP contribution in [0, 0.1) is 34.0 Å². The van der Waals surface area contributed by atoms with Crippen LogP contribution in [0.3, 0.4) is 0 Å². The second-order valence-electron chi connectivity index (χ2n) is 29.6. The summed E-state index contributed by atoms with van der Waals surface area (Å²) >= 11 is 0. The average Bonchev–Trinajstić information content (AvgIpc) is 1.24. The van der Waals surface area contributed by atoms with E-state index in [1.807, 2.05) is 63.0 Å². The summed E-state index contributed by atoms with van der Waals surface area (Å²) < 4.78 is 135. The van der Waals surface area contributed by atoms with Crippen LogP contribution in [-0.4, -0.2) is 204 Å². The van der Waals surface area contributed by atoms with Gasteiger partial charge in [0.2, 0.25) is 29.1 Å². The van der Waals surface area contributed by atoms with Crippen molar-refractivity contribution in [2.45, 2.75) is 169 Å².